The average Bonchev–Trinajstić information content (AvgIpc) is 3.33. The minimum Gasteiger partial charge on any atom is -0.336 e. The van der Waals surface area contributed by atoms with Crippen molar-refractivity contribution < 1.29 is 14.4 Å². The van der Waals surface area contributed by atoms with Crippen LogP contribution >= 0.6 is 0 Å². The second-order valence-electron chi connectivity index (χ2n) is 7.05. The number of anilines is 1. The molecule has 1 aromatic heterocycles. The van der Waals surface area contributed by atoms with Crippen molar-refractivity contribution in [3.05, 3.63) is 47.3 Å². The van der Waals surface area contributed by atoms with Crippen molar-refractivity contribution >= 4 is 23.5 Å². The highest BCUT2D eigenvalue weighted by atomic mass is 16.2. The van der Waals surface area contributed by atoms with Crippen molar-refractivity contribution in [2.75, 3.05) is 24.5 Å². The monoisotopic (exact) mass is 367 g/mol. The summed E-state index contributed by atoms with van der Waals surface area (Å²) in [4.78, 5) is 39.0. The zero-order valence-electron chi connectivity index (χ0n) is 15.3. The largest absolute Gasteiger partial charge is 0.336 e. The molecule has 8 nitrogen and oxygen atoms in total. The lowest BCUT2D eigenvalue weighted by Gasteiger charge is -2.18. The Hall–Kier alpha value is -3.16. The molecule has 2 saturated heterocycles. The number of likely N-dealkylation sites (tertiary alicyclic amines) is 1. The lowest BCUT2D eigenvalue weighted by atomic mass is 10.1. The Balaban J connectivity index is 1.45. The second-order valence-corrected chi connectivity index (χ2v) is 7.05. The van der Waals surface area contributed by atoms with E-state index in [4.69, 9.17) is 0 Å². The van der Waals surface area contributed by atoms with Gasteiger partial charge in [0, 0.05) is 30.0 Å². The van der Waals surface area contributed by atoms with Crippen LogP contribution in [0.25, 0.3) is 0 Å². The summed E-state index contributed by atoms with van der Waals surface area (Å²) in [5.74, 6) is -0.361. The van der Waals surface area contributed by atoms with Gasteiger partial charge in [-0.25, -0.2) is 4.79 Å². The van der Waals surface area contributed by atoms with Gasteiger partial charge in [0.05, 0.1) is 11.7 Å². The van der Waals surface area contributed by atoms with Crippen LogP contribution in [0.5, 0.6) is 0 Å². The molecule has 0 bridgehead atoms. The van der Waals surface area contributed by atoms with Crippen LogP contribution in [0.2, 0.25) is 0 Å². The van der Waals surface area contributed by atoms with Crippen molar-refractivity contribution in [1.29, 1.82) is 0 Å². The molecule has 2 aromatic rings. The summed E-state index contributed by atoms with van der Waals surface area (Å²) in [7, 11) is 0. The first-order chi connectivity index (χ1) is 12.9. The van der Waals surface area contributed by atoms with Gasteiger partial charge < -0.3 is 4.90 Å². The maximum absolute atomic E-state index is 12.8. The van der Waals surface area contributed by atoms with Crippen LogP contribution in [-0.4, -0.2) is 52.2 Å². The van der Waals surface area contributed by atoms with E-state index in [0.29, 0.717) is 24.3 Å². The quantitative estimate of drug-likeness (QED) is 0.836. The van der Waals surface area contributed by atoms with Crippen LogP contribution in [0, 0.1) is 13.8 Å². The summed E-state index contributed by atoms with van der Waals surface area (Å²) >= 11 is 0. The van der Waals surface area contributed by atoms with Crippen LogP contribution in [0.4, 0.5) is 10.5 Å². The first kappa shape index (κ1) is 17.3. The maximum Gasteiger partial charge on any atom is 0.329 e. The lowest BCUT2D eigenvalue weighted by molar-refractivity contribution is -0.117. The van der Waals surface area contributed by atoms with E-state index in [9.17, 15) is 14.4 Å². The molecule has 0 saturated carbocycles. The number of hydrogen-bond donors (Lipinski definition) is 1. The Morgan fingerprint density at radius 2 is 1.93 bits per heavy atom. The van der Waals surface area contributed by atoms with Gasteiger partial charge in [0.2, 0.25) is 5.91 Å². The van der Waals surface area contributed by atoms with Crippen LogP contribution in [0.15, 0.2) is 30.3 Å². The number of imide groups is 1. The van der Waals surface area contributed by atoms with Gasteiger partial charge in [-0.05, 0) is 50.6 Å². The summed E-state index contributed by atoms with van der Waals surface area (Å²) in [6.45, 7) is 5.32. The summed E-state index contributed by atoms with van der Waals surface area (Å²) < 4.78 is 2.01. The van der Waals surface area contributed by atoms with Crippen molar-refractivity contribution in [2.24, 2.45) is 0 Å². The SMILES string of the molecule is Cc1cc(C)n([C@H]2CCN(C(=O)c3ccc(N4CC(=O)NC4=O)cc3)C2)n1. The van der Waals surface area contributed by atoms with Crippen LogP contribution in [0.1, 0.15) is 34.2 Å². The number of benzene rings is 1. The van der Waals surface area contributed by atoms with E-state index in [1.54, 1.807) is 24.3 Å². The number of carbonyl (C=O) groups excluding carboxylic acids is 3. The average molecular weight is 367 g/mol. The fourth-order valence-corrected chi connectivity index (χ4v) is 3.76. The molecule has 0 radical (unpaired) electrons. The van der Waals surface area contributed by atoms with Crippen LogP contribution in [-0.2, 0) is 4.79 Å². The van der Waals surface area contributed by atoms with E-state index in [0.717, 1.165) is 17.8 Å². The van der Waals surface area contributed by atoms with Gasteiger partial charge >= 0.3 is 6.03 Å². The normalized spacial score (nSPS) is 19.7. The second kappa shape index (κ2) is 6.53. The molecule has 8 heteroatoms. The Kier molecular flexibility index (Phi) is 4.18. The van der Waals surface area contributed by atoms with Crippen LogP contribution < -0.4 is 10.2 Å². The zero-order valence-corrected chi connectivity index (χ0v) is 15.3. The molecule has 3 heterocycles. The number of amides is 4. The molecule has 1 N–H and O–H groups in total. The van der Waals surface area contributed by atoms with E-state index in [2.05, 4.69) is 10.4 Å². The molecule has 0 unspecified atom stereocenters. The summed E-state index contributed by atoms with van der Waals surface area (Å²) in [5.41, 5.74) is 3.25. The topological polar surface area (TPSA) is 87.5 Å². The van der Waals surface area contributed by atoms with Crippen molar-refractivity contribution in [3.63, 3.8) is 0 Å². The molecule has 4 rings (SSSR count). The predicted octanol–water partition coefficient (Wildman–Crippen LogP) is 1.64. The van der Waals surface area contributed by atoms with Crippen LogP contribution in [0.3, 0.4) is 0 Å². The Morgan fingerprint density at radius 3 is 2.52 bits per heavy atom. The van der Waals surface area contributed by atoms with Gasteiger partial charge in [-0.1, -0.05) is 0 Å². The summed E-state index contributed by atoms with van der Waals surface area (Å²) in [6, 6.07) is 8.59. The molecule has 2 fully saturated rings. The third-order valence-corrected chi connectivity index (χ3v) is 5.06. The summed E-state index contributed by atoms with van der Waals surface area (Å²) in [5, 5.41) is 6.77. The number of urea groups is 1. The molecule has 27 heavy (non-hydrogen) atoms. The lowest BCUT2D eigenvalue weighted by Crippen LogP contribution is -2.30. The third kappa shape index (κ3) is 3.18. The molecule has 1 aromatic carbocycles. The highest BCUT2D eigenvalue weighted by Gasteiger charge is 2.30. The van der Waals surface area contributed by atoms with Gasteiger partial charge in [-0.3, -0.25) is 24.5 Å². The van der Waals surface area contributed by atoms with E-state index >= 15 is 0 Å². The highest BCUT2D eigenvalue weighted by molar-refractivity contribution is 6.12. The fraction of sp³-hybridized carbons (Fsp3) is 0.368. The molecule has 0 aliphatic carbocycles. The molecule has 1 atom stereocenters. The fourth-order valence-electron chi connectivity index (χ4n) is 3.76. The summed E-state index contributed by atoms with van der Waals surface area (Å²) in [6.07, 6.45) is 0.877. The number of aromatic nitrogens is 2. The van der Waals surface area contributed by atoms with Gasteiger partial charge in [0.15, 0.2) is 0 Å². The molecule has 2 aliphatic heterocycles. The molecule has 2 aliphatic rings. The molecule has 4 amide bonds. The smallest absolute Gasteiger partial charge is 0.329 e. The molecule has 140 valence electrons. The van der Waals surface area contributed by atoms with Crippen molar-refractivity contribution in [3.8, 4) is 0 Å². The number of carbonyl (C=O) groups is 3. The number of nitrogens with one attached hydrogen (secondary N) is 1. The predicted molar refractivity (Wildman–Crippen MR) is 98.6 cm³/mol. The minimum absolute atomic E-state index is 0.00255. The zero-order chi connectivity index (χ0) is 19.1. The van der Waals surface area contributed by atoms with Gasteiger partial charge in [0.25, 0.3) is 5.91 Å². The third-order valence-electron chi connectivity index (χ3n) is 5.06. The Bertz CT molecular complexity index is 918. The van der Waals surface area contributed by atoms with Gasteiger partial charge in [-0.15, -0.1) is 0 Å². The Morgan fingerprint density at radius 1 is 1.19 bits per heavy atom. The van der Waals surface area contributed by atoms with E-state index in [1.165, 1.54) is 4.90 Å². The standard InChI is InChI=1S/C19H21N5O3/c1-12-9-13(2)24(21-12)16-7-8-22(10-16)18(26)14-3-5-15(6-4-14)23-11-17(25)20-19(23)27/h3-6,9,16H,7-8,10-11H2,1-2H3,(H,20,25,27)/t16-/m0/s1. The maximum atomic E-state index is 12.8. The first-order valence-corrected chi connectivity index (χ1v) is 8.96. The van der Waals surface area contributed by atoms with E-state index in [1.807, 2.05) is 29.5 Å². The molecular weight excluding hydrogens is 346 g/mol. The number of nitrogens with zero attached hydrogens (tertiary/aromatic N) is 4. The number of rotatable bonds is 3. The molecular formula is C19H21N5O3. The van der Waals surface area contributed by atoms with E-state index < -0.39 is 6.03 Å². The molecule has 0 spiro atoms. The van der Waals surface area contributed by atoms with Gasteiger partial charge in [-0.2, -0.15) is 5.10 Å². The van der Waals surface area contributed by atoms with Crippen molar-refractivity contribution in [1.82, 2.24) is 20.0 Å². The van der Waals surface area contributed by atoms with E-state index in [-0.39, 0.29) is 24.4 Å². The number of aryl methyl sites for hydroxylation is 2. The minimum atomic E-state index is -0.439. The first-order valence-electron chi connectivity index (χ1n) is 8.96. The highest BCUT2D eigenvalue weighted by Crippen LogP contribution is 2.25. The Labute approximate surface area is 156 Å². The number of hydrogen-bond acceptors (Lipinski definition) is 4. The van der Waals surface area contributed by atoms with Crippen molar-refractivity contribution in [2.45, 2.75) is 26.3 Å². The van der Waals surface area contributed by atoms with Gasteiger partial charge in [0.1, 0.15) is 6.54 Å².